The number of hydrogen-bond acceptors (Lipinski definition) is 5. The first kappa shape index (κ1) is 19.1. The lowest BCUT2D eigenvalue weighted by atomic mass is 10.1. The maximum atomic E-state index is 12.1. The van der Waals surface area contributed by atoms with E-state index in [4.69, 9.17) is 16.0 Å². The Morgan fingerprint density at radius 3 is 2.70 bits per heavy atom. The van der Waals surface area contributed by atoms with E-state index in [1.165, 1.54) is 17.6 Å². The van der Waals surface area contributed by atoms with E-state index < -0.39 is 0 Å². The average Bonchev–Trinajstić information content (AvgIpc) is 3.29. The largest absolute Gasteiger partial charge is 0.459 e. The third kappa shape index (κ3) is 5.18. The summed E-state index contributed by atoms with van der Waals surface area (Å²) < 4.78 is 5.00. The Kier molecular flexibility index (Phi) is 6.26. The second-order valence-corrected chi connectivity index (χ2v) is 7.46. The van der Waals surface area contributed by atoms with Crippen molar-refractivity contribution in [2.45, 2.75) is 19.8 Å². The molecular formula is C19H18ClN3O3S. The summed E-state index contributed by atoms with van der Waals surface area (Å²) in [5, 5.41) is 6.74. The topological polar surface area (TPSA) is 84.2 Å². The summed E-state index contributed by atoms with van der Waals surface area (Å²) >= 11 is 7.34. The number of halogens is 1. The van der Waals surface area contributed by atoms with Gasteiger partial charge in [-0.2, -0.15) is 0 Å². The van der Waals surface area contributed by atoms with Crippen LogP contribution in [0.25, 0.3) is 11.3 Å². The summed E-state index contributed by atoms with van der Waals surface area (Å²) in [6.07, 6.45) is 2.25. The summed E-state index contributed by atoms with van der Waals surface area (Å²) in [7, 11) is 0. The zero-order valence-corrected chi connectivity index (χ0v) is 16.2. The third-order valence-corrected chi connectivity index (χ3v) is 4.91. The highest BCUT2D eigenvalue weighted by atomic mass is 35.5. The zero-order chi connectivity index (χ0) is 19.2. The van der Waals surface area contributed by atoms with Gasteiger partial charge in [-0.1, -0.05) is 23.7 Å². The van der Waals surface area contributed by atoms with Gasteiger partial charge in [0.2, 0.25) is 5.91 Å². The minimum atomic E-state index is -0.288. The van der Waals surface area contributed by atoms with Crippen LogP contribution in [0.3, 0.4) is 0 Å². The van der Waals surface area contributed by atoms with Gasteiger partial charge >= 0.3 is 0 Å². The average molecular weight is 404 g/mol. The number of aromatic nitrogens is 1. The van der Waals surface area contributed by atoms with Gasteiger partial charge in [-0.05, 0) is 37.6 Å². The van der Waals surface area contributed by atoms with Crippen LogP contribution in [0.4, 0.5) is 5.13 Å². The van der Waals surface area contributed by atoms with E-state index in [2.05, 4.69) is 15.6 Å². The summed E-state index contributed by atoms with van der Waals surface area (Å²) in [5.41, 5.74) is 1.78. The number of furan rings is 1. The molecule has 0 fully saturated rings. The Hall–Kier alpha value is -2.64. The number of nitrogens with one attached hydrogen (secondary N) is 2. The Bertz CT molecular complexity index is 920. The molecule has 0 saturated carbocycles. The number of hydrogen-bond donors (Lipinski definition) is 2. The van der Waals surface area contributed by atoms with Gasteiger partial charge in [0, 0.05) is 28.4 Å². The molecule has 27 heavy (non-hydrogen) atoms. The van der Waals surface area contributed by atoms with Crippen molar-refractivity contribution in [1.82, 2.24) is 10.3 Å². The van der Waals surface area contributed by atoms with Crippen molar-refractivity contribution in [3.63, 3.8) is 0 Å². The molecule has 2 aromatic heterocycles. The lowest BCUT2D eigenvalue weighted by Crippen LogP contribution is -2.25. The molecule has 1 aromatic carbocycles. The summed E-state index contributed by atoms with van der Waals surface area (Å²) in [6.45, 7) is 2.35. The quantitative estimate of drug-likeness (QED) is 0.568. The standard InChI is InChI=1S/C19H18ClN3O3S/c1-12-17(13-6-8-14(20)9-7-13)23-19(27-12)22-16(24)5-2-10-21-18(25)15-4-3-11-26-15/h3-4,6-9,11H,2,5,10H2,1H3,(H,21,25)(H,22,23,24). The van der Waals surface area contributed by atoms with Gasteiger partial charge in [0.05, 0.1) is 12.0 Å². The predicted molar refractivity (Wildman–Crippen MR) is 106 cm³/mol. The van der Waals surface area contributed by atoms with Crippen molar-refractivity contribution < 1.29 is 14.0 Å². The van der Waals surface area contributed by atoms with Crippen molar-refractivity contribution in [2.75, 3.05) is 11.9 Å². The zero-order valence-electron chi connectivity index (χ0n) is 14.6. The van der Waals surface area contributed by atoms with Crippen molar-refractivity contribution in [3.8, 4) is 11.3 Å². The lowest BCUT2D eigenvalue weighted by molar-refractivity contribution is -0.116. The first-order chi connectivity index (χ1) is 13.0. The highest BCUT2D eigenvalue weighted by molar-refractivity contribution is 7.16. The van der Waals surface area contributed by atoms with Crippen LogP contribution >= 0.6 is 22.9 Å². The number of thiazole rings is 1. The first-order valence-electron chi connectivity index (χ1n) is 8.38. The normalized spacial score (nSPS) is 10.6. The minimum Gasteiger partial charge on any atom is -0.459 e. The maximum absolute atomic E-state index is 12.1. The Labute approximate surface area is 165 Å². The molecule has 6 nitrogen and oxygen atoms in total. The monoisotopic (exact) mass is 403 g/mol. The number of rotatable bonds is 7. The highest BCUT2D eigenvalue weighted by Crippen LogP contribution is 2.31. The molecule has 0 spiro atoms. The smallest absolute Gasteiger partial charge is 0.286 e. The van der Waals surface area contributed by atoms with E-state index in [1.807, 2.05) is 31.2 Å². The van der Waals surface area contributed by atoms with E-state index in [-0.39, 0.29) is 24.0 Å². The van der Waals surface area contributed by atoms with Gasteiger partial charge in [0.15, 0.2) is 10.9 Å². The third-order valence-electron chi connectivity index (χ3n) is 3.77. The van der Waals surface area contributed by atoms with Crippen LogP contribution < -0.4 is 10.6 Å². The molecule has 0 aliphatic heterocycles. The summed E-state index contributed by atoms with van der Waals surface area (Å²) in [5.74, 6) is -0.172. The molecule has 8 heteroatoms. The number of carbonyl (C=O) groups excluding carboxylic acids is 2. The van der Waals surface area contributed by atoms with E-state index in [1.54, 1.807) is 12.1 Å². The van der Waals surface area contributed by atoms with Gasteiger partial charge in [0.25, 0.3) is 5.91 Å². The first-order valence-corrected chi connectivity index (χ1v) is 9.57. The van der Waals surface area contributed by atoms with Crippen LogP contribution in [0.15, 0.2) is 47.1 Å². The van der Waals surface area contributed by atoms with E-state index in [0.717, 1.165) is 16.1 Å². The van der Waals surface area contributed by atoms with Crippen molar-refractivity contribution >= 4 is 39.9 Å². The van der Waals surface area contributed by atoms with E-state index >= 15 is 0 Å². The number of benzene rings is 1. The number of aryl methyl sites for hydroxylation is 1. The van der Waals surface area contributed by atoms with Crippen molar-refractivity contribution in [1.29, 1.82) is 0 Å². The second-order valence-electron chi connectivity index (χ2n) is 5.82. The number of anilines is 1. The molecule has 0 radical (unpaired) electrons. The SMILES string of the molecule is Cc1sc(NC(=O)CCCNC(=O)c2ccco2)nc1-c1ccc(Cl)cc1. The summed E-state index contributed by atoms with van der Waals surface area (Å²) in [6, 6.07) is 10.7. The molecule has 3 aromatic rings. The molecule has 3 rings (SSSR count). The second kappa shape index (κ2) is 8.83. The molecule has 2 heterocycles. The van der Waals surface area contributed by atoms with E-state index in [9.17, 15) is 9.59 Å². The van der Waals surface area contributed by atoms with Gasteiger partial charge in [0.1, 0.15) is 0 Å². The van der Waals surface area contributed by atoms with Crippen LogP contribution in [-0.2, 0) is 4.79 Å². The van der Waals surface area contributed by atoms with Crippen molar-refractivity contribution in [3.05, 3.63) is 58.3 Å². The molecule has 2 amide bonds. The minimum absolute atomic E-state index is 0.140. The molecule has 0 atom stereocenters. The fraction of sp³-hybridized carbons (Fsp3) is 0.211. The molecule has 0 aliphatic rings. The van der Waals surface area contributed by atoms with Gasteiger partial charge in [-0.25, -0.2) is 4.98 Å². The Morgan fingerprint density at radius 2 is 2.00 bits per heavy atom. The molecular weight excluding hydrogens is 386 g/mol. The number of amides is 2. The van der Waals surface area contributed by atoms with Crippen LogP contribution in [0, 0.1) is 6.92 Å². The molecule has 2 N–H and O–H groups in total. The number of nitrogens with zero attached hydrogens (tertiary/aromatic N) is 1. The maximum Gasteiger partial charge on any atom is 0.286 e. The molecule has 0 unspecified atom stereocenters. The van der Waals surface area contributed by atoms with Crippen LogP contribution in [0.2, 0.25) is 5.02 Å². The molecule has 0 saturated heterocycles. The highest BCUT2D eigenvalue weighted by Gasteiger charge is 2.12. The van der Waals surface area contributed by atoms with Crippen molar-refractivity contribution in [2.24, 2.45) is 0 Å². The molecule has 0 aliphatic carbocycles. The van der Waals surface area contributed by atoms with Crippen LogP contribution in [0.5, 0.6) is 0 Å². The summed E-state index contributed by atoms with van der Waals surface area (Å²) in [4.78, 5) is 29.3. The lowest BCUT2D eigenvalue weighted by Gasteiger charge is -2.03. The Morgan fingerprint density at radius 1 is 1.22 bits per heavy atom. The van der Waals surface area contributed by atoms with Crippen LogP contribution in [-0.4, -0.2) is 23.3 Å². The van der Waals surface area contributed by atoms with E-state index in [0.29, 0.717) is 23.1 Å². The molecule has 140 valence electrons. The molecule has 0 bridgehead atoms. The van der Waals surface area contributed by atoms with Gasteiger partial charge in [-0.3, -0.25) is 9.59 Å². The fourth-order valence-electron chi connectivity index (χ4n) is 2.45. The fourth-order valence-corrected chi connectivity index (χ4v) is 3.43. The Balaban J connectivity index is 1.47. The number of carbonyl (C=O) groups is 2. The predicted octanol–water partition coefficient (Wildman–Crippen LogP) is 4.51. The van der Waals surface area contributed by atoms with Crippen LogP contribution in [0.1, 0.15) is 28.3 Å². The van der Waals surface area contributed by atoms with Gasteiger partial charge < -0.3 is 15.1 Å². The van der Waals surface area contributed by atoms with Gasteiger partial charge in [-0.15, -0.1) is 11.3 Å².